The molecule has 0 fully saturated rings. The molecule has 0 unspecified atom stereocenters. The van der Waals surface area contributed by atoms with Crippen LogP contribution in [0.2, 0.25) is 0 Å². The van der Waals surface area contributed by atoms with Crippen LogP contribution in [0.1, 0.15) is 34.7 Å². The van der Waals surface area contributed by atoms with Gasteiger partial charge in [0.05, 0.1) is 23.9 Å². The summed E-state index contributed by atoms with van der Waals surface area (Å²) in [5.41, 5.74) is 19.6. The first-order chi connectivity index (χ1) is 34.2. The minimum absolute atomic E-state index is 0.193. The molecule has 0 radical (unpaired) electrons. The molecule has 3 heteroatoms. The molecule has 3 aromatic heterocycles. The second-order valence-electron chi connectivity index (χ2n) is 16.4. The van der Waals surface area contributed by atoms with Crippen molar-refractivity contribution in [2.75, 3.05) is 0 Å². The van der Waals surface area contributed by atoms with E-state index in [1.54, 1.807) is 0 Å². The van der Waals surface area contributed by atoms with Crippen molar-refractivity contribution in [1.82, 2.24) is 15.0 Å². The lowest BCUT2D eigenvalue weighted by molar-refractivity contribution is 0.931. The van der Waals surface area contributed by atoms with Crippen molar-refractivity contribution in [3.8, 4) is 78.3 Å². The highest BCUT2D eigenvalue weighted by Crippen LogP contribution is 2.36. The van der Waals surface area contributed by atoms with E-state index in [9.17, 15) is 0 Å². The predicted molar refractivity (Wildman–Crippen MR) is 270 cm³/mol. The van der Waals surface area contributed by atoms with Crippen LogP contribution in [0.25, 0.3) is 78.3 Å². The molecule has 3 nitrogen and oxygen atoms in total. The van der Waals surface area contributed by atoms with Crippen LogP contribution in [-0.2, 0) is 25.7 Å². The minimum Gasteiger partial charge on any atom is -0.256 e. The van der Waals surface area contributed by atoms with Crippen LogP contribution in [0.15, 0.2) is 231 Å². The molecule has 10 aromatic rings. The van der Waals surface area contributed by atoms with Crippen molar-refractivity contribution in [1.29, 1.82) is 0 Å². The van der Waals surface area contributed by atoms with Gasteiger partial charge in [-0.3, -0.25) is 15.0 Å². The summed E-state index contributed by atoms with van der Waals surface area (Å²) in [6.45, 7) is 2.03. The van der Waals surface area contributed by atoms with Gasteiger partial charge in [0.15, 0.2) is 0 Å². The highest BCUT2D eigenvalue weighted by Gasteiger charge is 2.13. The van der Waals surface area contributed by atoms with Crippen molar-refractivity contribution < 1.29 is 6.85 Å². The summed E-state index contributed by atoms with van der Waals surface area (Å²) in [6, 6.07) is 62.1. The van der Waals surface area contributed by atoms with Gasteiger partial charge in [-0.25, -0.2) is 0 Å². The van der Waals surface area contributed by atoms with Gasteiger partial charge in [0.2, 0.25) is 0 Å². The molecule has 7 aromatic carbocycles. The Balaban J connectivity index is 0.918. The van der Waals surface area contributed by atoms with Crippen molar-refractivity contribution in [2.45, 2.75) is 32.6 Å². The number of hydrogen-bond acceptors (Lipinski definition) is 3. The number of hydrogen-bond donors (Lipinski definition) is 0. The number of aryl methyl sites for hydroxylation is 5. The van der Waals surface area contributed by atoms with Crippen molar-refractivity contribution in [2.24, 2.45) is 0 Å². The third-order valence-corrected chi connectivity index (χ3v) is 12.1. The second-order valence-corrected chi connectivity index (χ2v) is 16.4. The minimum atomic E-state index is -0.398. The maximum absolute atomic E-state index is 8.44. The van der Waals surface area contributed by atoms with Gasteiger partial charge in [-0.1, -0.05) is 182 Å². The van der Waals surface area contributed by atoms with Crippen molar-refractivity contribution in [3.05, 3.63) is 259 Å². The molecular weight excluding hydrogens is 787 g/mol. The second kappa shape index (κ2) is 19.2. The summed E-state index contributed by atoms with van der Waals surface area (Å²) >= 11 is 0. The lowest BCUT2D eigenvalue weighted by Crippen LogP contribution is -1.98. The van der Waals surface area contributed by atoms with E-state index in [1.165, 1.54) is 33.4 Å². The Morgan fingerprint density at radius 2 is 0.785 bits per heavy atom. The zero-order valence-electron chi connectivity index (χ0n) is 41.2. The molecule has 0 aliphatic rings. The van der Waals surface area contributed by atoms with Gasteiger partial charge in [-0.2, -0.15) is 0 Å². The molecule has 10 rings (SSSR count). The number of rotatable bonds is 13. The molecule has 0 amide bonds. The van der Waals surface area contributed by atoms with Crippen LogP contribution in [0.5, 0.6) is 0 Å². The largest absolute Gasteiger partial charge is 0.256 e. The number of nitrogens with zero attached hydrogens (tertiary/aromatic N) is 3. The summed E-state index contributed by atoms with van der Waals surface area (Å²) in [6.07, 6.45) is 9.22. The van der Waals surface area contributed by atoms with E-state index in [2.05, 4.69) is 131 Å². The van der Waals surface area contributed by atoms with E-state index in [-0.39, 0.29) is 29.7 Å². The average Bonchev–Trinajstić information content (AvgIpc) is 3.42. The molecule has 312 valence electrons. The van der Waals surface area contributed by atoms with E-state index < -0.39 is 6.04 Å². The fourth-order valence-electron chi connectivity index (χ4n) is 8.55. The SMILES string of the molecule is [2H]c1c([2H])c([2H])c(-c2ccc(-c3cc(-c4ccc(-c5ccccc5-c5cc(CCc6ccc(-c7ccccn7)cc6)cc(CCc6ccc(-c7ccccn7)cc6)c5)cc4)ncc3C)cc2)c([2H])c1[2H]. The zero-order valence-corrected chi connectivity index (χ0v) is 36.2. The van der Waals surface area contributed by atoms with Gasteiger partial charge in [-0.15, -0.1) is 0 Å². The first kappa shape index (κ1) is 35.5. The van der Waals surface area contributed by atoms with E-state index >= 15 is 0 Å². The molecule has 0 spiro atoms. The van der Waals surface area contributed by atoms with E-state index in [1.807, 2.05) is 86.2 Å². The van der Waals surface area contributed by atoms with Crippen LogP contribution in [0.3, 0.4) is 0 Å². The van der Waals surface area contributed by atoms with Gasteiger partial charge in [0.25, 0.3) is 0 Å². The summed E-state index contributed by atoms with van der Waals surface area (Å²) in [5.74, 6) is 0. The fourth-order valence-corrected chi connectivity index (χ4v) is 8.55. The Hall–Kier alpha value is -8.01. The normalized spacial score (nSPS) is 12.2. The summed E-state index contributed by atoms with van der Waals surface area (Å²) in [5, 5.41) is 0. The maximum Gasteiger partial charge on any atom is 0.0708 e. The Morgan fingerprint density at radius 1 is 0.338 bits per heavy atom. The third kappa shape index (κ3) is 9.66. The summed E-state index contributed by atoms with van der Waals surface area (Å²) < 4.78 is 41.1. The predicted octanol–water partition coefficient (Wildman–Crippen LogP) is 15.4. The monoisotopic (exact) mass is 840 g/mol. The third-order valence-electron chi connectivity index (χ3n) is 12.1. The molecule has 0 bridgehead atoms. The molecule has 3 heterocycles. The quantitative estimate of drug-likeness (QED) is 0.116. The fraction of sp³-hybridized carbons (Fsp3) is 0.0806. The van der Waals surface area contributed by atoms with Gasteiger partial charge in [-0.05, 0) is 135 Å². The topological polar surface area (TPSA) is 38.7 Å². The van der Waals surface area contributed by atoms with Crippen LogP contribution < -0.4 is 0 Å². The van der Waals surface area contributed by atoms with Crippen LogP contribution in [-0.4, -0.2) is 15.0 Å². The van der Waals surface area contributed by atoms with Crippen LogP contribution in [0, 0.1) is 6.92 Å². The molecule has 0 saturated carbocycles. The Morgan fingerprint density at radius 3 is 1.32 bits per heavy atom. The first-order valence-corrected chi connectivity index (χ1v) is 22.1. The van der Waals surface area contributed by atoms with E-state index in [4.69, 9.17) is 11.8 Å². The number of aromatic nitrogens is 3. The zero-order chi connectivity index (χ0) is 48.1. The number of benzene rings is 7. The Kier molecular flexibility index (Phi) is 10.5. The molecule has 0 aliphatic heterocycles. The molecule has 65 heavy (non-hydrogen) atoms. The Labute approximate surface area is 389 Å². The van der Waals surface area contributed by atoms with Gasteiger partial charge in [0.1, 0.15) is 0 Å². The standard InChI is InChI=1S/C62H49N3/c1-44-43-65-62(42-59(44)52-31-29-50(30-32-52)49-11-3-2-4-12-49)55-35-33-51(34-36-55)57-13-5-6-14-58(57)56-40-47(19-17-45-21-25-53(26-22-45)60-15-7-9-37-63-60)39-48(41-56)20-18-46-23-27-54(28-24-46)61-16-8-10-38-64-61/h2-16,21-43H,17-20H2,1H3/i2D,3D,4D,11D,12D. The van der Waals surface area contributed by atoms with E-state index in [0.717, 1.165) is 87.3 Å². The highest BCUT2D eigenvalue weighted by atomic mass is 14.7. The number of pyridine rings is 3. The molecule has 0 atom stereocenters. The molecule has 0 N–H and O–H groups in total. The molecular formula is C62H49N3. The highest BCUT2D eigenvalue weighted by molar-refractivity contribution is 5.85. The lowest BCUT2D eigenvalue weighted by atomic mass is 9.89. The van der Waals surface area contributed by atoms with Gasteiger partial charge >= 0.3 is 0 Å². The molecule has 0 saturated heterocycles. The van der Waals surface area contributed by atoms with Crippen LogP contribution in [0.4, 0.5) is 0 Å². The average molecular weight is 841 g/mol. The van der Waals surface area contributed by atoms with Gasteiger partial charge in [0, 0.05) is 35.3 Å². The molecule has 0 aliphatic carbocycles. The maximum atomic E-state index is 8.44. The van der Waals surface area contributed by atoms with Crippen molar-refractivity contribution >= 4 is 0 Å². The summed E-state index contributed by atoms with van der Waals surface area (Å²) in [4.78, 5) is 13.9. The Bertz CT molecular complexity index is 3320. The van der Waals surface area contributed by atoms with Gasteiger partial charge < -0.3 is 0 Å². The van der Waals surface area contributed by atoms with Crippen LogP contribution >= 0.6 is 0 Å². The smallest absolute Gasteiger partial charge is 0.0708 e. The first-order valence-electron chi connectivity index (χ1n) is 24.6. The van der Waals surface area contributed by atoms with E-state index in [0.29, 0.717) is 5.56 Å². The summed E-state index contributed by atoms with van der Waals surface area (Å²) in [7, 11) is 0. The van der Waals surface area contributed by atoms with Crippen molar-refractivity contribution in [3.63, 3.8) is 0 Å². The lowest BCUT2D eigenvalue weighted by Gasteiger charge is -2.15.